The molecule has 1 saturated heterocycles. The molecule has 1 aliphatic heterocycles. The van der Waals surface area contributed by atoms with Crippen LogP contribution in [0.4, 0.5) is 10.1 Å². The van der Waals surface area contributed by atoms with Gasteiger partial charge in [0, 0.05) is 30.6 Å². The quantitative estimate of drug-likeness (QED) is 0.184. The number of hydrogen-bond donors (Lipinski definition) is 1. The Hall–Kier alpha value is -3.74. The average Bonchev–Trinajstić information content (AvgIpc) is 3.36. The number of anilines is 1. The van der Waals surface area contributed by atoms with Crippen molar-refractivity contribution in [1.29, 1.82) is 0 Å². The van der Waals surface area contributed by atoms with Gasteiger partial charge < -0.3 is 19.4 Å². The zero-order valence-electron chi connectivity index (χ0n) is 27.5. The number of aromatic nitrogens is 1. The Morgan fingerprint density at radius 2 is 1.62 bits per heavy atom. The number of amides is 1. The smallest absolute Gasteiger partial charge is 0.258 e. The third-order valence-electron chi connectivity index (χ3n) is 8.91. The van der Waals surface area contributed by atoms with E-state index in [1.807, 2.05) is 60.7 Å². The molecule has 5 nitrogen and oxygen atoms in total. The average molecular weight is 611 g/mol. The van der Waals surface area contributed by atoms with Crippen molar-refractivity contribution in [1.82, 2.24) is 4.57 Å². The molecule has 1 fully saturated rings. The first-order valence-electron chi connectivity index (χ1n) is 16.2. The van der Waals surface area contributed by atoms with Gasteiger partial charge in [-0.2, -0.15) is 0 Å². The van der Waals surface area contributed by atoms with Gasteiger partial charge in [-0.15, -0.1) is 0 Å². The van der Waals surface area contributed by atoms with Crippen LogP contribution in [0.25, 0.3) is 22.4 Å². The van der Waals surface area contributed by atoms with Crippen LogP contribution >= 0.6 is 0 Å². The lowest BCUT2D eigenvalue weighted by atomic mass is 9.82. The molecule has 1 amide bonds. The van der Waals surface area contributed by atoms with E-state index in [1.54, 1.807) is 7.11 Å². The van der Waals surface area contributed by atoms with Gasteiger partial charge in [-0.05, 0) is 106 Å². The maximum absolute atomic E-state index is 14.3. The van der Waals surface area contributed by atoms with E-state index in [2.05, 4.69) is 56.6 Å². The fourth-order valence-corrected chi connectivity index (χ4v) is 7.05. The lowest BCUT2D eigenvalue weighted by molar-refractivity contribution is -0.138. The summed E-state index contributed by atoms with van der Waals surface area (Å²) in [7, 11) is 1.75. The predicted molar refractivity (Wildman–Crippen MR) is 181 cm³/mol. The van der Waals surface area contributed by atoms with Gasteiger partial charge in [0.1, 0.15) is 5.82 Å². The second kappa shape index (κ2) is 14.1. The van der Waals surface area contributed by atoms with Crippen LogP contribution in [-0.2, 0) is 16.0 Å². The fourth-order valence-electron chi connectivity index (χ4n) is 7.05. The monoisotopic (exact) mass is 610 g/mol. The number of hydrogen-bond acceptors (Lipinski definition) is 3. The Morgan fingerprint density at radius 1 is 0.978 bits per heavy atom. The predicted octanol–water partition coefficient (Wildman–Crippen LogP) is 9.73. The molecule has 6 heteroatoms. The van der Waals surface area contributed by atoms with Gasteiger partial charge in [-0.1, -0.05) is 62.4 Å². The summed E-state index contributed by atoms with van der Waals surface area (Å²) in [4.78, 5) is 14.3. The molecular formula is C39H47FN2O3. The third kappa shape index (κ3) is 7.74. The highest BCUT2D eigenvalue weighted by Gasteiger charge is 2.36. The van der Waals surface area contributed by atoms with Crippen LogP contribution in [0.3, 0.4) is 0 Å². The molecular weight excluding hydrogens is 563 g/mol. The largest absolute Gasteiger partial charge is 0.382 e. The zero-order valence-corrected chi connectivity index (χ0v) is 27.5. The second-order valence-electron chi connectivity index (χ2n) is 13.4. The number of nitrogens with zero attached hydrogens (tertiary/aromatic N) is 1. The van der Waals surface area contributed by atoms with E-state index in [1.165, 1.54) is 12.1 Å². The number of methoxy groups -OCH3 is 1. The molecule has 1 aliphatic rings. The van der Waals surface area contributed by atoms with Crippen molar-refractivity contribution < 1.29 is 18.7 Å². The first kappa shape index (κ1) is 32.6. The van der Waals surface area contributed by atoms with E-state index in [0.29, 0.717) is 11.5 Å². The van der Waals surface area contributed by atoms with Gasteiger partial charge >= 0.3 is 0 Å². The van der Waals surface area contributed by atoms with E-state index < -0.39 is 0 Å². The second-order valence-corrected chi connectivity index (χ2v) is 13.4. The highest BCUT2D eigenvalue weighted by molar-refractivity contribution is 6.12. The molecule has 2 heterocycles. The summed E-state index contributed by atoms with van der Waals surface area (Å²) in [6.07, 6.45) is 3.98. The van der Waals surface area contributed by atoms with Crippen LogP contribution in [0, 0.1) is 11.7 Å². The minimum atomic E-state index is -0.287. The maximum atomic E-state index is 14.3. The van der Waals surface area contributed by atoms with Gasteiger partial charge in [0.25, 0.3) is 5.91 Å². The van der Waals surface area contributed by atoms with Crippen molar-refractivity contribution in [2.45, 2.75) is 90.6 Å². The molecule has 0 saturated carbocycles. The molecule has 45 heavy (non-hydrogen) atoms. The van der Waals surface area contributed by atoms with Gasteiger partial charge in [0.2, 0.25) is 0 Å². The lowest BCUT2D eigenvalue weighted by Gasteiger charge is -2.41. The summed E-state index contributed by atoms with van der Waals surface area (Å²) < 4.78 is 28.6. The molecule has 4 aromatic rings. The third-order valence-corrected chi connectivity index (χ3v) is 8.91. The van der Waals surface area contributed by atoms with Crippen molar-refractivity contribution in [2.24, 2.45) is 5.92 Å². The number of para-hydroxylation sites is 1. The van der Waals surface area contributed by atoms with E-state index in [-0.39, 0.29) is 35.5 Å². The number of rotatable bonds is 11. The van der Waals surface area contributed by atoms with Gasteiger partial charge in [0.05, 0.1) is 29.1 Å². The fraction of sp³-hybridized carbons (Fsp3) is 0.410. The van der Waals surface area contributed by atoms with Gasteiger partial charge in [-0.25, -0.2) is 4.39 Å². The van der Waals surface area contributed by atoms with Crippen LogP contribution in [0.1, 0.15) is 82.3 Å². The molecule has 3 aromatic carbocycles. The maximum Gasteiger partial charge on any atom is 0.258 e. The van der Waals surface area contributed by atoms with Crippen LogP contribution in [-0.4, -0.2) is 35.4 Å². The summed E-state index contributed by atoms with van der Waals surface area (Å²) >= 11 is 0. The first-order chi connectivity index (χ1) is 21.6. The first-order valence-corrected chi connectivity index (χ1v) is 16.2. The van der Waals surface area contributed by atoms with Crippen LogP contribution in [0.5, 0.6) is 0 Å². The van der Waals surface area contributed by atoms with Crippen molar-refractivity contribution in [3.63, 3.8) is 0 Å². The Morgan fingerprint density at radius 3 is 2.24 bits per heavy atom. The topological polar surface area (TPSA) is 52.5 Å². The Bertz CT molecular complexity index is 1560. The number of carbonyl (C=O) groups excluding carboxylic acids is 1. The number of benzene rings is 3. The molecule has 3 atom stereocenters. The number of ether oxygens (including phenoxy) is 2. The molecule has 0 radical (unpaired) electrons. The van der Waals surface area contributed by atoms with Gasteiger partial charge in [-0.3, -0.25) is 4.79 Å². The Kier molecular flexibility index (Phi) is 10.3. The Labute approximate surface area is 267 Å². The van der Waals surface area contributed by atoms with Crippen molar-refractivity contribution in [3.8, 4) is 22.4 Å². The molecule has 3 unspecified atom stereocenters. The van der Waals surface area contributed by atoms with Crippen molar-refractivity contribution in [2.75, 3.05) is 12.4 Å². The zero-order chi connectivity index (χ0) is 32.1. The highest BCUT2D eigenvalue weighted by atomic mass is 19.1. The number of carbonyl (C=O) groups is 1. The lowest BCUT2D eigenvalue weighted by Crippen LogP contribution is -2.41. The number of halogens is 1. The number of nitrogens with one attached hydrogen (secondary N) is 1. The van der Waals surface area contributed by atoms with Crippen LogP contribution in [0.2, 0.25) is 0 Å². The molecule has 0 spiro atoms. The van der Waals surface area contributed by atoms with Crippen LogP contribution in [0.15, 0.2) is 84.9 Å². The van der Waals surface area contributed by atoms with Crippen molar-refractivity contribution >= 4 is 11.6 Å². The molecule has 0 aliphatic carbocycles. The SMILES string of the molecule is COC(C)CC1CC(CCn2c(-c3ccc(F)cc3)c(-c3ccccc3)c(C(=O)Nc3ccccc3)c2C(C)C)CC(C)(C)O1. The van der Waals surface area contributed by atoms with Crippen molar-refractivity contribution in [3.05, 3.63) is 102 Å². The summed E-state index contributed by atoms with van der Waals surface area (Å²) in [5.41, 5.74) is 5.82. The Balaban J connectivity index is 1.64. The standard InChI is InChI=1S/C39H47FN2O3/c1-26(2)36-35(38(43)41-32-15-11-8-12-16-32)34(29-13-9-7-10-14-29)37(30-17-19-31(40)20-18-30)42(36)22-21-28-24-33(23-27(3)44-6)45-39(4,5)25-28/h7-20,26-28,33H,21-25H2,1-6H3,(H,41,43). The summed E-state index contributed by atoms with van der Waals surface area (Å²) in [6, 6.07) is 26.3. The molecule has 238 valence electrons. The van der Waals surface area contributed by atoms with E-state index in [9.17, 15) is 9.18 Å². The minimum absolute atomic E-state index is 0.0552. The molecule has 0 bridgehead atoms. The molecule has 1 aromatic heterocycles. The summed E-state index contributed by atoms with van der Waals surface area (Å²) in [5, 5.41) is 3.17. The molecule has 1 N–H and O–H groups in total. The molecule has 5 rings (SSSR count). The van der Waals surface area contributed by atoms with E-state index in [4.69, 9.17) is 9.47 Å². The summed E-state index contributed by atoms with van der Waals surface area (Å²) in [5.74, 6) is 0.0596. The van der Waals surface area contributed by atoms with E-state index >= 15 is 0 Å². The van der Waals surface area contributed by atoms with E-state index in [0.717, 1.165) is 66.0 Å². The van der Waals surface area contributed by atoms with Gasteiger partial charge in [0.15, 0.2) is 0 Å². The van der Waals surface area contributed by atoms with Crippen LogP contribution < -0.4 is 5.32 Å². The summed E-state index contributed by atoms with van der Waals surface area (Å²) in [6.45, 7) is 11.5. The normalized spacial score (nSPS) is 18.6. The minimum Gasteiger partial charge on any atom is -0.382 e. The highest BCUT2D eigenvalue weighted by Crippen LogP contribution is 2.44.